The molecule has 0 saturated carbocycles. The van der Waals surface area contributed by atoms with Gasteiger partial charge in [0.2, 0.25) is 0 Å². The maximum Gasteiger partial charge on any atom is 0.163 e. The number of hydrogen-bond donors (Lipinski definition) is 0. The lowest BCUT2D eigenvalue weighted by molar-refractivity contribution is -0.114. The van der Waals surface area contributed by atoms with Crippen LogP contribution < -0.4 is 4.74 Å². The standard InChI is InChI=1S/C17H14O2.H2O/c18-13-7-5-12-9-15-14-4-2-1-3-11(14)6-8-16(15)19-17(12)10-13;/h1,3,5-6,8,10H,2,4,7,9H2;1H2. The van der Waals surface area contributed by atoms with Gasteiger partial charge < -0.3 is 10.2 Å². The summed E-state index contributed by atoms with van der Waals surface area (Å²) >= 11 is 0. The van der Waals surface area contributed by atoms with Gasteiger partial charge in [-0.05, 0) is 35.6 Å². The molecule has 0 saturated heterocycles. The van der Waals surface area contributed by atoms with Gasteiger partial charge in [-0.15, -0.1) is 0 Å². The van der Waals surface area contributed by atoms with Crippen LogP contribution in [0.1, 0.15) is 29.5 Å². The van der Waals surface area contributed by atoms with E-state index in [0.29, 0.717) is 6.42 Å². The quantitative estimate of drug-likeness (QED) is 0.726. The molecule has 1 aliphatic heterocycles. The van der Waals surface area contributed by atoms with E-state index in [4.69, 9.17) is 4.74 Å². The maximum absolute atomic E-state index is 11.5. The number of rotatable bonds is 0. The van der Waals surface area contributed by atoms with E-state index in [-0.39, 0.29) is 11.3 Å². The van der Waals surface area contributed by atoms with Crippen LogP contribution in [0.2, 0.25) is 0 Å². The third-order valence-electron chi connectivity index (χ3n) is 4.03. The predicted molar refractivity (Wildman–Crippen MR) is 77.5 cm³/mol. The summed E-state index contributed by atoms with van der Waals surface area (Å²) in [6.07, 6.45) is 11.7. The molecule has 0 bridgehead atoms. The van der Waals surface area contributed by atoms with Crippen molar-refractivity contribution < 1.29 is 15.0 Å². The van der Waals surface area contributed by atoms with E-state index in [1.807, 2.05) is 12.1 Å². The zero-order valence-electron chi connectivity index (χ0n) is 11.1. The molecule has 0 fully saturated rings. The topological polar surface area (TPSA) is 57.8 Å². The third kappa shape index (κ3) is 1.91. The first kappa shape index (κ1) is 12.9. The molecule has 102 valence electrons. The minimum Gasteiger partial charge on any atom is -0.457 e. The number of ether oxygens (including phenoxy) is 1. The number of fused-ring (bicyclic) bond motifs is 4. The van der Waals surface area contributed by atoms with Gasteiger partial charge in [0.15, 0.2) is 5.78 Å². The summed E-state index contributed by atoms with van der Waals surface area (Å²) in [5, 5.41) is 0. The molecule has 0 radical (unpaired) electrons. The van der Waals surface area contributed by atoms with Crippen LogP contribution in [0, 0.1) is 0 Å². The minimum atomic E-state index is 0. The molecule has 1 aromatic rings. The van der Waals surface area contributed by atoms with Crippen molar-refractivity contribution in [3.8, 4) is 5.75 Å². The fraction of sp³-hybridized carbons (Fsp3) is 0.235. The smallest absolute Gasteiger partial charge is 0.163 e. The first-order chi connectivity index (χ1) is 9.31. The van der Waals surface area contributed by atoms with Crippen LogP contribution in [0.5, 0.6) is 5.75 Å². The van der Waals surface area contributed by atoms with Gasteiger partial charge in [-0.2, -0.15) is 0 Å². The van der Waals surface area contributed by atoms with Crippen molar-refractivity contribution in [2.75, 3.05) is 0 Å². The zero-order valence-corrected chi connectivity index (χ0v) is 11.1. The first-order valence-corrected chi connectivity index (χ1v) is 6.74. The number of allylic oxidation sites excluding steroid dienone is 4. The van der Waals surface area contributed by atoms with Gasteiger partial charge >= 0.3 is 0 Å². The molecule has 0 spiro atoms. The van der Waals surface area contributed by atoms with Gasteiger partial charge in [-0.25, -0.2) is 0 Å². The summed E-state index contributed by atoms with van der Waals surface area (Å²) in [6.45, 7) is 0. The Balaban J connectivity index is 0.00000121. The van der Waals surface area contributed by atoms with E-state index in [1.165, 1.54) is 16.7 Å². The highest BCUT2D eigenvalue weighted by Crippen LogP contribution is 2.39. The van der Waals surface area contributed by atoms with Crippen LogP contribution in [-0.2, 0) is 17.6 Å². The molecule has 1 aromatic carbocycles. The van der Waals surface area contributed by atoms with E-state index >= 15 is 0 Å². The van der Waals surface area contributed by atoms with Gasteiger partial charge in [0.05, 0.1) is 0 Å². The van der Waals surface area contributed by atoms with Crippen LogP contribution in [0.15, 0.2) is 41.7 Å². The SMILES string of the molecule is O.O=C1C=C2Oc3ccc4c(c3CC2=CC1)CCC=C4. The summed E-state index contributed by atoms with van der Waals surface area (Å²) in [7, 11) is 0. The van der Waals surface area contributed by atoms with Crippen molar-refractivity contribution in [2.24, 2.45) is 0 Å². The van der Waals surface area contributed by atoms with Crippen LogP contribution in [0.4, 0.5) is 0 Å². The Labute approximate surface area is 117 Å². The summed E-state index contributed by atoms with van der Waals surface area (Å²) in [4.78, 5) is 11.5. The second-order valence-corrected chi connectivity index (χ2v) is 5.24. The average molecular weight is 268 g/mol. The Morgan fingerprint density at radius 3 is 2.95 bits per heavy atom. The Morgan fingerprint density at radius 2 is 2.05 bits per heavy atom. The maximum atomic E-state index is 11.5. The summed E-state index contributed by atoms with van der Waals surface area (Å²) in [5.74, 6) is 1.80. The number of carbonyl (C=O) groups is 1. The number of carbonyl (C=O) groups excluding carboxylic acids is 1. The highest BCUT2D eigenvalue weighted by Gasteiger charge is 2.26. The molecule has 3 heteroatoms. The van der Waals surface area contributed by atoms with Crippen molar-refractivity contribution in [2.45, 2.75) is 25.7 Å². The fourth-order valence-corrected chi connectivity index (χ4v) is 3.05. The van der Waals surface area contributed by atoms with E-state index in [0.717, 1.165) is 36.3 Å². The van der Waals surface area contributed by atoms with Crippen molar-refractivity contribution in [1.29, 1.82) is 0 Å². The van der Waals surface area contributed by atoms with Gasteiger partial charge in [0.25, 0.3) is 0 Å². The van der Waals surface area contributed by atoms with Gasteiger partial charge in [-0.3, -0.25) is 4.79 Å². The van der Waals surface area contributed by atoms with E-state index in [1.54, 1.807) is 6.08 Å². The third-order valence-corrected chi connectivity index (χ3v) is 4.03. The van der Waals surface area contributed by atoms with Crippen molar-refractivity contribution in [3.05, 3.63) is 58.4 Å². The second-order valence-electron chi connectivity index (χ2n) is 5.24. The normalized spacial score (nSPS) is 18.7. The molecule has 0 aromatic heterocycles. The molecule has 2 N–H and O–H groups in total. The van der Waals surface area contributed by atoms with Crippen molar-refractivity contribution in [1.82, 2.24) is 0 Å². The second kappa shape index (κ2) is 4.76. The molecule has 0 unspecified atom stereocenters. The Hall–Kier alpha value is -2.13. The van der Waals surface area contributed by atoms with E-state index < -0.39 is 0 Å². The Morgan fingerprint density at radius 1 is 1.15 bits per heavy atom. The number of benzene rings is 1. The molecule has 2 aliphatic carbocycles. The number of hydrogen-bond acceptors (Lipinski definition) is 2. The van der Waals surface area contributed by atoms with Crippen LogP contribution in [0.3, 0.4) is 0 Å². The highest BCUT2D eigenvalue weighted by atomic mass is 16.5. The van der Waals surface area contributed by atoms with Gasteiger partial charge in [-0.1, -0.05) is 24.3 Å². The molecule has 20 heavy (non-hydrogen) atoms. The monoisotopic (exact) mass is 268 g/mol. The summed E-state index contributed by atoms with van der Waals surface area (Å²) in [5.41, 5.74) is 5.19. The van der Waals surface area contributed by atoms with E-state index in [2.05, 4.69) is 18.2 Å². The minimum absolute atomic E-state index is 0. The largest absolute Gasteiger partial charge is 0.457 e. The summed E-state index contributed by atoms with van der Waals surface area (Å²) < 4.78 is 5.92. The summed E-state index contributed by atoms with van der Waals surface area (Å²) in [6, 6.07) is 4.14. The van der Waals surface area contributed by atoms with Gasteiger partial charge in [0, 0.05) is 24.5 Å². The molecule has 0 amide bonds. The lowest BCUT2D eigenvalue weighted by Gasteiger charge is -2.27. The molecule has 3 aliphatic rings. The molecule has 4 rings (SSSR count). The van der Waals surface area contributed by atoms with Crippen molar-refractivity contribution in [3.63, 3.8) is 0 Å². The predicted octanol–water partition coefficient (Wildman–Crippen LogP) is 2.54. The van der Waals surface area contributed by atoms with Gasteiger partial charge in [0.1, 0.15) is 11.5 Å². The lowest BCUT2D eigenvalue weighted by Crippen LogP contribution is -2.17. The molecular formula is C17H16O3. The Bertz CT molecular complexity index is 678. The molecular weight excluding hydrogens is 252 g/mol. The first-order valence-electron chi connectivity index (χ1n) is 6.74. The molecule has 1 heterocycles. The molecule has 3 nitrogen and oxygen atoms in total. The van der Waals surface area contributed by atoms with Crippen LogP contribution in [0.25, 0.3) is 6.08 Å². The van der Waals surface area contributed by atoms with Crippen LogP contribution in [-0.4, -0.2) is 11.3 Å². The average Bonchev–Trinajstić information content (AvgIpc) is 2.45. The van der Waals surface area contributed by atoms with E-state index in [9.17, 15) is 4.79 Å². The van der Waals surface area contributed by atoms with Crippen molar-refractivity contribution >= 4 is 11.9 Å². The van der Waals surface area contributed by atoms with Crippen LogP contribution >= 0.6 is 0 Å². The Kier molecular flexibility index (Phi) is 3.07. The number of ketones is 1. The highest BCUT2D eigenvalue weighted by molar-refractivity contribution is 5.93. The molecule has 0 atom stereocenters. The fourth-order valence-electron chi connectivity index (χ4n) is 3.05. The zero-order chi connectivity index (χ0) is 12.8. The lowest BCUT2D eigenvalue weighted by atomic mass is 9.86.